The van der Waals surface area contributed by atoms with Crippen LogP contribution in [0.3, 0.4) is 0 Å². The van der Waals surface area contributed by atoms with Crippen LogP contribution in [0.2, 0.25) is 0 Å². The maximum Gasteiger partial charge on any atom is 0.137 e. The average Bonchev–Trinajstić information content (AvgIpc) is 2.32. The number of hydrogen-bond acceptors (Lipinski definition) is 2. The molecule has 0 N–H and O–H groups in total. The van der Waals surface area contributed by atoms with Gasteiger partial charge in [-0.3, -0.25) is 4.79 Å². The van der Waals surface area contributed by atoms with E-state index in [1.165, 1.54) is 11.1 Å². The lowest BCUT2D eigenvalue weighted by Gasteiger charge is -2.12. The molecule has 0 amide bonds. The fraction of sp³-hybridized carbons (Fsp3) is 0.286. The summed E-state index contributed by atoms with van der Waals surface area (Å²) in [5, 5.41) is 8.57. The van der Waals surface area contributed by atoms with E-state index in [1.807, 2.05) is 30.3 Å². The van der Waals surface area contributed by atoms with Gasteiger partial charge in [-0.25, -0.2) is 0 Å². The Morgan fingerprint density at radius 3 is 2.50 bits per heavy atom. The van der Waals surface area contributed by atoms with E-state index in [9.17, 15) is 4.79 Å². The van der Waals surface area contributed by atoms with Crippen LogP contribution in [0.1, 0.15) is 30.4 Å². The first kappa shape index (κ1) is 10.6. The molecule has 0 atom stereocenters. The lowest BCUT2D eigenvalue weighted by Crippen LogP contribution is -2.02. The molecule has 80 valence electrons. The zero-order valence-corrected chi connectivity index (χ0v) is 9.07. The Labute approximate surface area is 95.2 Å². The largest absolute Gasteiger partial charge is 0.299 e. The molecule has 0 radical (unpaired) electrons. The van der Waals surface area contributed by atoms with Crippen molar-refractivity contribution in [3.63, 3.8) is 0 Å². The van der Waals surface area contributed by atoms with E-state index in [2.05, 4.69) is 6.07 Å². The van der Waals surface area contributed by atoms with Crippen molar-refractivity contribution in [1.29, 1.82) is 5.26 Å². The molecule has 0 aromatic heterocycles. The van der Waals surface area contributed by atoms with Crippen molar-refractivity contribution in [1.82, 2.24) is 0 Å². The first-order chi connectivity index (χ1) is 7.79. The number of benzene rings is 1. The molecule has 2 rings (SSSR count). The standard InChI is InChI=1S/C14H13NO/c15-10-9-11-1-3-12(4-2-11)13-5-7-14(16)8-6-13/h1-5H,6-9H2. The van der Waals surface area contributed by atoms with Crippen LogP contribution in [0.5, 0.6) is 0 Å². The molecule has 0 heterocycles. The summed E-state index contributed by atoms with van der Waals surface area (Å²) in [5.74, 6) is 0.324. The van der Waals surface area contributed by atoms with E-state index in [0.717, 1.165) is 12.0 Å². The van der Waals surface area contributed by atoms with Gasteiger partial charge < -0.3 is 0 Å². The van der Waals surface area contributed by atoms with Crippen LogP contribution in [0.4, 0.5) is 0 Å². The Morgan fingerprint density at radius 2 is 1.94 bits per heavy atom. The molecule has 2 nitrogen and oxygen atoms in total. The lowest BCUT2D eigenvalue weighted by atomic mass is 9.92. The molecule has 1 aromatic rings. The predicted octanol–water partition coefficient (Wildman–Crippen LogP) is 2.89. The fourth-order valence-electron chi connectivity index (χ4n) is 1.91. The fourth-order valence-corrected chi connectivity index (χ4v) is 1.91. The number of carbonyl (C=O) groups is 1. The molecular formula is C14H13NO. The Hall–Kier alpha value is -1.88. The normalized spacial score (nSPS) is 15.4. The number of nitriles is 1. The summed E-state index contributed by atoms with van der Waals surface area (Å²) in [4.78, 5) is 11.1. The van der Waals surface area contributed by atoms with Crippen LogP contribution in [-0.4, -0.2) is 5.78 Å². The highest BCUT2D eigenvalue weighted by molar-refractivity contribution is 5.86. The molecule has 1 aliphatic rings. The van der Waals surface area contributed by atoms with Crippen molar-refractivity contribution in [2.75, 3.05) is 0 Å². The van der Waals surface area contributed by atoms with Crippen molar-refractivity contribution < 1.29 is 4.79 Å². The summed E-state index contributed by atoms with van der Waals surface area (Å²) in [5.41, 5.74) is 3.47. The maximum atomic E-state index is 11.1. The number of nitrogens with zero attached hydrogens (tertiary/aromatic N) is 1. The van der Waals surface area contributed by atoms with Gasteiger partial charge in [0.15, 0.2) is 0 Å². The van der Waals surface area contributed by atoms with Gasteiger partial charge in [-0.15, -0.1) is 0 Å². The third-order valence-corrected chi connectivity index (χ3v) is 2.86. The molecule has 1 aromatic carbocycles. The van der Waals surface area contributed by atoms with Crippen LogP contribution in [0, 0.1) is 11.3 Å². The maximum absolute atomic E-state index is 11.1. The molecule has 16 heavy (non-hydrogen) atoms. The summed E-state index contributed by atoms with van der Waals surface area (Å²) < 4.78 is 0. The van der Waals surface area contributed by atoms with Crippen LogP contribution in [-0.2, 0) is 11.2 Å². The van der Waals surface area contributed by atoms with Gasteiger partial charge in [0.1, 0.15) is 5.78 Å². The van der Waals surface area contributed by atoms with E-state index in [0.29, 0.717) is 25.0 Å². The van der Waals surface area contributed by atoms with Gasteiger partial charge in [0.2, 0.25) is 0 Å². The molecule has 1 aliphatic carbocycles. The van der Waals surface area contributed by atoms with E-state index < -0.39 is 0 Å². The molecule has 0 saturated carbocycles. The number of rotatable bonds is 2. The van der Waals surface area contributed by atoms with Gasteiger partial charge in [-0.05, 0) is 23.1 Å². The minimum Gasteiger partial charge on any atom is -0.299 e. The highest BCUT2D eigenvalue weighted by Gasteiger charge is 2.11. The summed E-state index contributed by atoms with van der Waals surface area (Å²) >= 11 is 0. The van der Waals surface area contributed by atoms with Crippen molar-refractivity contribution >= 4 is 11.4 Å². The number of allylic oxidation sites excluding steroid dienone is 2. The molecule has 2 heteroatoms. The number of ketones is 1. The summed E-state index contributed by atoms with van der Waals surface area (Å²) in [6.45, 7) is 0. The second-order valence-corrected chi connectivity index (χ2v) is 4.00. The minimum absolute atomic E-state index is 0.324. The van der Waals surface area contributed by atoms with Crippen molar-refractivity contribution in [2.24, 2.45) is 0 Å². The predicted molar refractivity (Wildman–Crippen MR) is 62.6 cm³/mol. The Bertz CT molecular complexity index is 463. The number of carbonyl (C=O) groups excluding carboxylic acids is 1. The molecule has 0 spiro atoms. The molecule has 0 fully saturated rings. The van der Waals surface area contributed by atoms with Crippen molar-refractivity contribution in [3.8, 4) is 6.07 Å². The average molecular weight is 211 g/mol. The van der Waals surface area contributed by atoms with Gasteiger partial charge >= 0.3 is 0 Å². The van der Waals surface area contributed by atoms with Crippen molar-refractivity contribution in [3.05, 3.63) is 41.5 Å². The Kier molecular flexibility index (Phi) is 3.16. The SMILES string of the molecule is N#CCc1ccc(C2=CCC(=O)CC2)cc1. The van der Waals surface area contributed by atoms with Gasteiger partial charge in [-0.2, -0.15) is 5.26 Å². The zero-order valence-electron chi connectivity index (χ0n) is 9.07. The van der Waals surface area contributed by atoms with E-state index in [1.54, 1.807) is 0 Å². The van der Waals surface area contributed by atoms with Crippen LogP contribution < -0.4 is 0 Å². The Morgan fingerprint density at radius 1 is 1.19 bits per heavy atom. The van der Waals surface area contributed by atoms with Gasteiger partial charge in [-0.1, -0.05) is 30.3 Å². The number of hydrogen-bond donors (Lipinski definition) is 0. The van der Waals surface area contributed by atoms with Crippen LogP contribution in [0.25, 0.3) is 5.57 Å². The van der Waals surface area contributed by atoms with Crippen molar-refractivity contribution in [2.45, 2.75) is 25.7 Å². The van der Waals surface area contributed by atoms with Crippen LogP contribution in [0.15, 0.2) is 30.3 Å². The topological polar surface area (TPSA) is 40.9 Å². The van der Waals surface area contributed by atoms with E-state index in [-0.39, 0.29) is 0 Å². The van der Waals surface area contributed by atoms with Gasteiger partial charge in [0.05, 0.1) is 12.5 Å². The van der Waals surface area contributed by atoms with Gasteiger partial charge in [0.25, 0.3) is 0 Å². The molecule has 0 aliphatic heterocycles. The first-order valence-electron chi connectivity index (χ1n) is 5.46. The van der Waals surface area contributed by atoms with Crippen LogP contribution >= 0.6 is 0 Å². The lowest BCUT2D eigenvalue weighted by molar-refractivity contribution is -0.118. The molecular weight excluding hydrogens is 198 g/mol. The van der Waals surface area contributed by atoms with E-state index in [4.69, 9.17) is 5.26 Å². The molecule has 0 unspecified atom stereocenters. The van der Waals surface area contributed by atoms with E-state index >= 15 is 0 Å². The third-order valence-electron chi connectivity index (χ3n) is 2.86. The quantitative estimate of drug-likeness (QED) is 0.754. The first-order valence-corrected chi connectivity index (χ1v) is 5.46. The highest BCUT2D eigenvalue weighted by atomic mass is 16.1. The third kappa shape index (κ3) is 2.38. The molecule has 0 saturated heterocycles. The Balaban J connectivity index is 2.16. The zero-order chi connectivity index (χ0) is 11.4. The monoisotopic (exact) mass is 211 g/mol. The van der Waals surface area contributed by atoms with Gasteiger partial charge in [0, 0.05) is 12.8 Å². The summed E-state index contributed by atoms with van der Waals surface area (Å²) in [7, 11) is 0. The second kappa shape index (κ2) is 4.76. The number of Topliss-reactive ketones (excluding diaryl/α,β-unsaturated/α-hetero) is 1. The highest BCUT2D eigenvalue weighted by Crippen LogP contribution is 2.25. The second-order valence-electron chi connectivity index (χ2n) is 4.00. The molecule has 0 bridgehead atoms. The minimum atomic E-state index is 0.324. The summed E-state index contributed by atoms with van der Waals surface area (Å²) in [6.07, 6.45) is 4.54. The summed E-state index contributed by atoms with van der Waals surface area (Å²) in [6, 6.07) is 10.2. The smallest absolute Gasteiger partial charge is 0.137 e.